The van der Waals surface area contributed by atoms with Gasteiger partial charge in [0.25, 0.3) is 5.91 Å². The van der Waals surface area contributed by atoms with Crippen molar-refractivity contribution in [3.63, 3.8) is 0 Å². The molecule has 0 aromatic carbocycles. The summed E-state index contributed by atoms with van der Waals surface area (Å²) in [6, 6.07) is 0.121. The molecule has 0 bridgehead atoms. The van der Waals surface area contributed by atoms with Crippen molar-refractivity contribution in [1.29, 1.82) is 0 Å². The molecule has 0 saturated heterocycles. The summed E-state index contributed by atoms with van der Waals surface area (Å²) in [6.07, 6.45) is 1.51. The monoisotopic (exact) mass is 269 g/mol. The number of hydrogen-bond acceptors (Lipinski definition) is 3. The minimum atomic E-state index is -0.137. The topological polar surface area (TPSA) is 46.1 Å². The summed E-state index contributed by atoms with van der Waals surface area (Å²) in [5.41, 5.74) is 0.297. The van der Waals surface area contributed by atoms with Crippen molar-refractivity contribution in [2.24, 2.45) is 0 Å². The first-order valence-corrected chi connectivity index (χ1v) is 6.59. The van der Waals surface area contributed by atoms with E-state index in [0.717, 1.165) is 0 Å². The maximum atomic E-state index is 12.4. The molecule has 1 amide bonds. The molecule has 5 heteroatoms. The molecule has 0 unspecified atom stereocenters. The number of amides is 1. The summed E-state index contributed by atoms with van der Waals surface area (Å²) >= 11 is 6.03. The van der Waals surface area contributed by atoms with Crippen LogP contribution in [-0.2, 0) is 0 Å². The highest BCUT2D eigenvalue weighted by Gasteiger charge is 2.22. The van der Waals surface area contributed by atoms with Gasteiger partial charge in [0.2, 0.25) is 0 Å². The SMILES string of the molecule is CCN(C(=O)c1nc(C(C)C)ncc1Cl)C(C)C. The molecule has 0 radical (unpaired) electrons. The summed E-state index contributed by atoms with van der Waals surface area (Å²) < 4.78 is 0. The highest BCUT2D eigenvalue weighted by atomic mass is 35.5. The lowest BCUT2D eigenvalue weighted by atomic mass is 10.2. The molecule has 1 rings (SSSR count). The molecular formula is C13H20ClN3O. The van der Waals surface area contributed by atoms with E-state index in [9.17, 15) is 4.79 Å². The molecule has 0 aliphatic carbocycles. The van der Waals surface area contributed by atoms with E-state index in [2.05, 4.69) is 9.97 Å². The van der Waals surface area contributed by atoms with Crippen LogP contribution < -0.4 is 0 Å². The molecular weight excluding hydrogens is 250 g/mol. The number of hydrogen-bond donors (Lipinski definition) is 0. The predicted octanol–water partition coefficient (Wildman–Crippen LogP) is 3.12. The minimum Gasteiger partial charge on any atom is -0.335 e. The molecule has 0 spiro atoms. The number of nitrogens with zero attached hydrogens (tertiary/aromatic N) is 3. The highest BCUT2D eigenvalue weighted by molar-refractivity contribution is 6.33. The summed E-state index contributed by atoms with van der Waals surface area (Å²) in [5, 5.41) is 0.309. The average Bonchev–Trinajstić information content (AvgIpc) is 2.29. The standard InChI is InChI=1S/C13H20ClN3O/c1-6-17(9(4)5)13(18)11-10(14)7-15-12(16-11)8(2)3/h7-9H,6H2,1-5H3. The van der Waals surface area contributed by atoms with E-state index in [-0.39, 0.29) is 17.9 Å². The second kappa shape index (κ2) is 6.14. The summed E-state index contributed by atoms with van der Waals surface area (Å²) in [6.45, 7) is 10.5. The third-order valence-corrected chi connectivity index (χ3v) is 2.98. The Morgan fingerprint density at radius 1 is 1.39 bits per heavy atom. The van der Waals surface area contributed by atoms with Crippen LogP contribution in [0.3, 0.4) is 0 Å². The van der Waals surface area contributed by atoms with Crippen molar-refractivity contribution < 1.29 is 4.79 Å². The normalized spacial score (nSPS) is 11.1. The van der Waals surface area contributed by atoms with E-state index in [1.807, 2.05) is 34.6 Å². The number of carbonyl (C=O) groups is 1. The molecule has 0 aliphatic rings. The first kappa shape index (κ1) is 14.9. The molecule has 0 N–H and O–H groups in total. The Balaban J connectivity index is 3.15. The molecule has 18 heavy (non-hydrogen) atoms. The fourth-order valence-electron chi connectivity index (χ4n) is 1.69. The predicted molar refractivity (Wildman–Crippen MR) is 73.0 cm³/mol. The van der Waals surface area contributed by atoms with Crippen molar-refractivity contribution in [2.45, 2.75) is 46.6 Å². The van der Waals surface area contributed by atoms with Crippen LogP contribution in [0.4, 0.5) is 0 Å². The van der Waals surface area contributed by atoms with Crippen LogP contribution in [0.15, 0.2) is 6.20 Å². The fraction of sp³-hybridized carbons (Fsp3) is 0.615. The smallest absolute Gasteiger partial charge is 0.274 e. The van der Waals surface area contributed by atoms with E-state index in [1.54, 1.807) is 4.90 Å². The van der Waals surface area contributed by atoms with Gasteiger partial charge in [-0.1, -0.05) is 25.4 Å². The van der Waals surface area contributed by atoms with Gasteiger partial charge in [-0.2, -0.15) is 0 Å². The average molecular weight is 270 g/mol. The Morgan fingerprint density at radius 2 is 2.00 bits per heavy atom. The Labute approximate surface area is 113 Å². The zero-order valence-corrected chi connectivity index (χ0v) is 12.3. The molecule has 0 saturated carbocycles. The van der Waals surface area contributed by atoms with Crippen LogP contribution >= 0.6 is 11.6 Å². The summed E-state index contributed by atoms with van der Waals surface area (Å²) in [5.74, 6) is 0.673. The quantitative estimate of drug-likeness (QED) is 0.844. The number of halogens is 1. The van der Waals surface area contributed by atoms with E-state index in [1.165, 1.54) is 6.20 Å². The second-order valence-electron chi connectivity index (χ2n) is 4.76. The molecule has 1 heterocycles. The zero-order valence-electron chi connectivity index (χ0n) is 11.6. The summed E-state index contributed by atoms with van der Waals surface area (Å²) in [7, 11) is 0. The Hall–Kier alpha value is -1.16. The van der Waals surface area contributed by atoms with E-state index in [4.69, 9.17) is 11.6 Å². The van der Waals surface area contributed by atoms with E-state index < -0.39 is 0 Å². The number of aromatic nitrogens is 2. The van der Waals surface area contributed by atoms with Crippen LogP contribution in [0.2, 0.25) is 5.02 Å². The lowest BCUT2D eigenvalue weighted by Crippen LogP contribution is -2.37. The highest BCUT2D eigenvalue weighted by Crippen LogP contribution is 2.18. The van der Waals surface area contributed by atoms with Gasteiger partial charge in [-0.15, -0.1) is 0 Å². The van der Waals surface area contributed by atoms with Crippen LogP contribution in [0.5, 0.6) is 0 Å². The number of rotatable bonds is 4. The Morgan fingerprint density at radius 3 is 2.44 bits per heavy atom. The largest absolute Gasteiger partial charge is 0.335 e. The van der Waals surface area contributed by atoms with Crippen LogP contribution in [0.1, 0.15) is 56.8 Å². The fourth-order valence-corrected chi connectivity index (χ4v) is 1.86. The van der Waals surface area contributed by atoms with Gasteiger partial charge in [-0.25, -0.2) is 9.97 Å². The first-order valence-electron chi connectivity index (χ1n) is 6.21. The maximum absolute atomic E-state index is 12.4. The van der Waals surface area contributed by atoms with Gasteiger partial charge in [0, 0.05) is 18.5 Å². The van der Waals surface area contributed by atoms with Crippen molar-refractivity contribution >= 4 is 17.5 Å². The molecule has 0 aliphatic heterocycles. The van der Waals surface area contributed by atoms with Gasteiger partial charge in [-0.05, 0) is 20.8 Å². The maximum Gasteiger partial charge on any atom is 0.274 e. The molecule has 1 aromatic rings. The van der Waals surface area contributed by atoms with Crippen LogP contribution in [0.25, 0.3) is 0 Å². The van der Waals surface area contributed by atoms with Crippen molar-refractivity contribution in [2.75, 3.05) is 6.54 Å². The minimum absolute atomic E-state index is 0.121. The van der Waals surface area contributed by atoms with Gasteiger partial charge in [0.1, 0.15) is 5.82 Å². The molecule has 0 fully saturated rings. The molecule has 0 atom stereocenters. The van der Waals surface area contributed by atoms with Crippen molar-refractivity contribution in [3.05, 3.63) is 22.7 Å². The molecule has 100 valence electrons. The van der Waals surface area contributed by atoms with Crippen molar-refractivity contribution in [1.82, 2.24) is 14.9 Å². The lowest BCUT2D eigenvalue weighted by Gasteiger charge is -2.25. The van der Waals surface area contributed by atoms with Crippen LogP contribution in [0, 0.1) is 0 Å². The van der Waals surface area contributed by atoms with Gasteiger partial charge in [-0.3, -0.25) is 4.79 Å². The van der Waals surface area contributed by atoms with E-state index in [0.29, 0.717) is 23.1 Å². The van der Waals surface area contributed by atoms with E-state index >= 15 is 0 Å². The number of carbonyl (C=O) groups excluding carboxylic acids is 1. The Bertz CT molecular complexity index is 432. The second-order valence-corrected chi connectivity index (χ2v) is 5.17. The third-order valence-electron chi connectivity index (χ3n) is 2.71. The van der Waals surface area contributed by atoms with Gasteiger partial charge >= 0.3 is 0 Å². The van der Waals surface area contributed by atoms with Gasteiger partial charge < -0.3 is 4.90 Å². The summed E-state index contributed by atoms with van der Waals surface area (Å²) in [4.78, 5) is 22.5. The van der Waals surface area contributed by atoms with Crippen LogP contribution in [-0.4, -0.2) is 33.4 Å². The molecule has 4 nitrogen and oxygen atoms in total. The van der Waals surface area contributed by atoms with Gasteiger partial charge in [0.15, 0.2) is 5.69 Å². The zero-order chi connectivity index (χ0) is 13.9. The Kier molecular flexibility index (Phi) is 5.08. The molecule has 1 aromatic heterocycles. The van der Waals surface area contributed by atoms with Gasteiger partial charge in [0.05, 0.1) is 11.2 Å². The lowest BCUT2D eigenvalue weighted by molar-refractivity contribution is 0.0710. The first-order chi connectivity index (χ1) is 8.38. The van der Waals surface area contributed by atoms with Crippen molar-refractivity contribution in [3.8, 4) is 0 Å². The third kappa shape index (κ3) is 3.19.